The fourth-order valence-electron chi connectivity index (χ4n) is 1.45. The van der Waals surface area contributed by atoms with E-state index in [9.17, 15) is 23.3 Å². The minimum absolute atomic E-state index is 0.0545. The van der Waals surface area contributed by atoms with Gasteiger partial charge in [-0.2, -0.15) is 0 Å². The molecule has 0 aliphatic carbocycles. The van der Waals surface area contributed by atoms with Crippen molar-refractivity contribution in [1.82, 2.24) is 4.98 Å². The number of rotatable bonds is 3. The van der Waals surface area contributed by atoms with Gasteiger partial charge >= 0.3 is 5.69 Å². The average Bonchev–Trinajstić information content (AvgIpc) is 2.35. The predicted octanol–water partition coefficient (Wildman–Crippen LogP) is 2.73. The first-order valence-corrected chi connectivity index (χ1v) is 5.21. The lowest BCUT2D eigenvalue weighted by atomic mass is 10.2. The first-order chi connectivity index (χ1) is 9.38. The molecule has 20 heavy (non-hydrogen) atoms. The number of nitrogens with zero attached hydrogens (tertiary/aromatic N) is 2. The number of nitro groups is 1. The van der Waals surface area contributed by atoms with Gasteiger partial charge in [-0.3, -0.25) is 10.1 Å². The fraction of sp³-hybridized carbons (Fsp3) is 0. The smallest absolute Gasteiger partial charge is 0.311 e. The van der Waals surface area contributed by atoms with Gasteiger partial charge in [0.2, 0.25) is 5.82 Å². The maximum absolute atomic E-state index is 13.5. The Morgan fingerprint density at radius 3 is 2.45 bits per heavy atom. The maximum Gasteiger partial charge on any atom is 0.311 e. The molecule has 9 heteroatoms. The summed E-state index contributed by atoms with van der Waals surface area (Å²) in [6, 6.07) is 3.09. The number of nitrogen functional groups attached to an aromatic ring is 1. The first kappa shape index (κ1) is 13.6. The van der Waals surface area contributed by atoms with Gasteiger partial charge in [0.05, 0.1) is 10.6 Å². The Bertz CT molecular complexity index is 694. The molecule has 0 aliphatic rings. The molecule has 6 nitrogen and oxygen atoms in total. The second kappa shape index (κ2) is 5.03. The standard InChI is InChI=1S/C11H7F3N4O2/c12-5-3-7(14)8(4-6(5)13)16-11-9(18(19)20)1-2-10(15)17-11/h1-4H,(H3,15,16,17). The Labute approximate surface area is 110 Å². The topological polar surface area (TPSA) is 94.1 Å². The van der Waals surface area contributed by atoms with E-state index in [-0.39, 0.29) is 11.6 Å². The van der Waals surface area contributed by atoms with Crippen LogP contribution in [0.15, 0.2) is 24.3 Å². The summed E-state index contributed by atoms with van der Waals surface area (Å²) in [7, 11) is 0. The van der Waals surface area contributed by atoms with Crippen molar-refractivity contribution in [3.63, 3.8) is 0 Å². The number of pyridine rings is 1. The van der Waals surface area contributed by atoms with E-state index < -0.39 is 33.7 Å². The lowest BCUT2D eigenvalue weighted by Crippen LogP contribution is -2.04. The second-order valence-corrected chi connectivity index (χ2v) is 3.73. The molecule has 0 bridgehead atoms. The molecule has 2 aromatic rings. The van der Waals surface area contributed by atoms with Crippen LogP contribution >= 0.6 is 0 Å². The van der Waals surface area contributed by atoms with Crippen LogP contribution in [0.2, 0.25) is 0 Å². The van der Waals surface area contributed by atoms with E-state index >= 15 is 0 Å². The molecule has 0 saturated heterocycles. The van der Waals surface area contributed by atoms with Gasteiger partial charge in [-0.15, -0.1) is 0 Å². The summed E-state index contributed by atoms with van der Waals surface area (Å²) >= 11 is 0. The van der Waals surface area contributed by atoms with Gasteiger partial charge in [-0.25, -0.2) is 18.2 Å². The molecule has 0 radical (unpaired) electrons. The Hall–Kier alpha value is -2.84. The number of hydrogen-bond acceptors (Lipinski definition) is 5. The number of nitrogens with one attached hydrogen (secondary N) is 1. The zero-order chi connectivity index (χ0) is 14.9. The summed E-state index contributed by atoms with van der Waals surface area (Å²) in [6.07, 6.45) is 0. The Morgan fingerprint density at radius 1 is 1.15 bits per heavy atom. The molecule has 1 aromatic heterocycles. The number of anilines is 3. The lowest BCUT2D eigenvalue weighted by molar-refractivity contribution is -0.384. The van der Waals surface area contributed by atoms with Gasteiger partial charge in [0.15, 0.2) is 11.6 Å². The van der Waals surface area contributed by atoms with Crippen molar-refractivity contribution in [2.24, 2.45) is 0 Å². The third-order valence-electron chi connectivity index (χ3n) is 2.36. The molecule has 0 spiro atoms. The monoisotopic (exact) mass is 284 g/mol. The van der Waals surface area contributed by atoms with Crippen LogP contribution in [0.3, 0.4) is 0 Å². The SMILES string of the molecule is Nc1ccc([N+](=O)[O-])c(Nc2cc(F)c(F)cc2F)n1. The van der Waals surface area contributed by atoms with Gasteiger partial charge in [0.1, 0.15) is 11.6 Å². The summed E-state index contributed by atoms with van der Waals surface area (Å²) in [6.45, 7) is 0. The third kappa shape index (κ3) is 2.60. The van der Waals surface area contributed by atoms with Crippen molar-refractivity contribution in [1.29, 1.82) is 0 Å². The van der Waals surface area contributed by atoms with Gasteiger partial charge in [-0.1, -0.05) is 0 Å². The van der Waals surface area contributed by atoms with Crippen LogP contribution in [0.1, 0.15) is 0 Å². The van der Waals surface area contributed by atoms with E-state index in [4.69, 9.17) is 5.73 Å². The van der Waals surface area contributed by atoms with Crippen molar-refractivity contribution in [3.05, 3.63) is 51.8 Å². The highest BCUT2D eigenvalue weighted by Gasteiger charge is 2.18. The van der Waals surface area contributed by atoms with Crippen molar-refractivity contribution in [2.75, 3.05) is 11.1 Å². The highest BCUT2D eigenvalue weighted by molar-refractivity contribution is 5.67. The molecule has 2 rings (SSSR count). The van der Waals surface area contributed by atoms with Gasteiger partial charge < -0.3 is 11.1 Å². The number of benzene rings is 1. The van der Waals surface area contributed by atoms with Gasteiger partial charge in [0, 0.05) is 18.2 Å². The summed E-state index contributed by atoms with van der Waals surface area (Å²) in [5.41, 5.74) is 4.39. The van der Waals surface area contributed by atoms with Gasteiger partial charge in [-0.05, 0) is 6.07 Å². The van der Waals surface area contributed by atoms with Crippen LogP contribution in [-0.4, -0.2) is 9.91 Å². The van der Waals surface area contributed by atoms with E-state index in [1.807, 2.05) is 0 Å². The maximum atomic E-state index is 13.5. The highest BCUT2D eigenvalue weighted by atomic mass is 19.2. The number of nitrogens with two attached hydrogens (primary N) is 1. The van der Waals surface area contributed by atoms with Crippen LogP contribution < -0.4 is 11.1 Å². The highest BCUT2D eigenvalue weighted by Crippen LogP contribution is 2.28. The molecule has 1 heterocycles. The zero-order valence-electron chi connectivity index (χ0n) is 9.73. The van der Waals surface area contributed by atoms with E-state index in [0.717, 1.165) is 6.07 Å². The first-order valence-electron chi connectivity index (χ1n) is 5.21. The van der Waals surface area contributed by atoms with E-state index in [1.165, 1.54) is 6.07 Å². The van der Waals surface area contributed by atoms with Crippen molar-refractivity contribution in [3.8, 4) is 0 Å². The average molecular weight is 284 g/mol. The largest absolute Gasteiger partial charge is 0.384 e. The van der Waals surface area contributed by atoms with Crippen LogP contribution in [0, 0.1) is 27.6 Å². The number of hydrogen-bond donors (Lipinski definition) is 2. The van der Waals surface area contributed by atoms with Crippen molar-refractivity contribution >= 4 is 23.0 Å². The number of halogens is 3. The zero-order valence-corrected chi connectivity index (χ0v) is 9.73. The minimum atomic E-state index is -1.37. The molecule has 0 amide bonds. The van der Waals surface area contributed by atoms with Crippen LogP contribution in [0.25, 0.3) is 0 Å². The Kier molecular flexibility index (Phi) is 3.42. The Morgan fingerprint density at radius 2 is 1.80 bits per heavy atom. The number of aromatic nitrogens is 1. The normalized spacial score (nSPS) is 10.3. The third-order valence-corrected chi connectivity index (χ3v) is 2.36. The molecule has 1 aromatic carbocycles. The molecular formula is C11H7F3N4O2. The summed E-state index contributed by atoms with van der Waals surface area (Å²) in [5.74, 6) is -4.23. The molecule has 0 aliphatic heterocycles. The Balaban J connectivity index is 2.47. The summed E-state index contributed by atoms with van der Waals surface area (Å²) < 4.78 is 39.3. The van der Waals surface area contributed by atoms with E-state index in [0.29, 0.717) is 12.1 Å². The summed E-state index contributed by atoms with van der Waals surface area (Å²) in [4.78, 5) is 13.6. The molecule has 0 atom stereocenters. The van der Waals surface area contributed by atoms with Crippen LogP contribution in [0.5, 0.6) is 0 Å². The van der Waals surface area contributed by atoms with E-state index in [1.54, 1.807) is 0 Å². The molecule has 3 N–H and O–H groups in total. The lowest BCUT2D eigenvalue weighted by Gasteiger charge is -2.08. The quantitative estimate of drug-likeness (QED) is 0.513. The molecule has 104 valence electrons. The molecular weight excluding hydrogens is 277 g/mol. The fourth-order valence-corrected chi connectivity index (χ4v) is 1.45. The van der Waals surface area contributed by atoms with Crippen molar-refractivity contribution in [2.45, 2.75) is 0 Å². The minimum Gasteiger partial charge on any atom is -0.384 e. The van der Waals surface area contributed by atoms with Crippen LogP contribution in [-0.2, 0) is 0 Å². The van der Waals surface area contributed by atoms with Gasteiger partial charge in [0.25, 0.3) is 0 Å². The van der Waals surface area contributed by atoms with Crippen LogP contribution in [0.4, 0.5) is 36.2 Å². The molecule has 0 saturated carbocycles. The predicted molar refractivity (Wildman–Crippen MR) is 64.9 cm³/mol. The van der Waals surface area contributed by atoms with E-state index in [2.05, 4.69) is 10.3 Å². The second-order valence-electron chi connectivity index (χ2n) is 3.73. The molecule has 0 fully saturated rings. The summed E-state index contributed by atoms with van der Waals surface area (Å²) in [5, 5.41) is 13.0. The van der Waals surface area contributed by atoms with Crippen molar-refractivity contribution < 1.29 is 18.1 Å². The molecule has 0 unspecified atom stereocenters.